The fraction of sp³-hybridized carbons (Fsp3) is 0.0625. The van der Waals surface area contributed by atoms with Crippen LogP contribution in [0.5, 0.6) is 0 Å². The zero-order chi connectivity index (χ0) is 17.7. The molecule has 1 amide bonds. The Hall–Kier alpha value is -2.58. The quantitative estimate of drug-likeness (QED) is 0.785. The highest BCUT2D eigenvalue weighted by molar-refractivity contribution is 7.89. The van der Waals surface area contributed by atoms with Gasteiger partial charge < -0.3 is 5.32 Å². The molecule has 0 atom stereocenters. The Kier molecular flexibility index (Phi) is 5.42. The number of carbonyl (C=O) groups is 1. The van der Waals surface area contributed by atoms with Crippen molar-refractivity contribution in [2.75, 3.05) is 11.9 Å². The first-order chi connectivity index (χ1) is 11.3. The predicted molar refractivity (Wildman–Crippen MR) is 86.1 cm³/mol. The minimum atomic E-state index is -3.71. The first kappa shape index (κ1) is 17.8. The summed E-state index contributed by atoms with van der Waals surface area (Å²) in [7, 11) is -3.71. The van der Waals surface area contributed by atoms with E-state index in [0.29, 0.717) is 0 Å². The van der Waals surface area contributed by atoms with E-state index >= 15 is 0 Å². The second-order valence-electron chi connectivity index (χ2n) is 4.72. The van der Waals surface area contributed by atoms with E-state index in [1.54, 1.807) is 0 Å². The van der Waals surface area contributed by atoms with E-state index in [0.717, 1.165) is 12.1 Å². The molecule has 0 spiro atoms. The van der Waals surface area contributed by atoms with Crippen LogP contribution in [0.3, 0.4) is 0 Å². The van der Waals surface area contributed by atoms with Gasteiger partial charge in [0.25, 0.3) is 5.91 Å². The van der Waals surface area contributed by atoms with Gasteiger partial charge >= 0.3 is 0 Å². The molecule has 5 nitrogen and oxygen atoms in total. The lowest BCUT2D eigenvalue weighted by atomic mass is 10.2. The Labute approximate surface area is 138 Å². The van der Waals surface area contributed by atoms with Gasteiger partial charge in [0.2, 0.25) is 10.0 Å². The van der Waals surface area contributed by atoms with E-state index in [-0.39, 0.29) is 17.0 Å². The molecule has 0 saturated heterocycles. The molecule has 0 saturated carbocycles. The van der Waals surface area contributed by atoms with Gasteiger partial charge in [-0.3, -0.25) is 4.79 Å². The van der Waals surface area contributed by atoms with Crippen LogP contribution in [0.1, 0.15) is 10.4 Å². The van der Waals surface area contributed by atoms with Crippen LogP contribution in [0.4, 0.5) is 14.5 Å². The summed E-state index contributed by atoms with van der Waals surface area (Å²) in [5.74, 6) is -2.57. The predicted octanol–water partition coefficient (Wildman–Crippen LogP) is 2.68. The molecule has 8 heteroatoms. The zero-order valence-corrected chi connectivity index (χ0v) is 13.2. The molecule has 0 aliphatic heterocycles. The van der Waals surface area contributed by atoms with E-state index in [4.69, 9.17) is 0 Å². The molecule has 2 aromatic carbocycles. The lowest BCUT2D eigenvalue weighted by molar-refractivity contribution is 0.102. The van der Waals surface area contributed by atoms with Gasteiger partial charge in [-0.05, 0) is 36.4 Å². The third-order valence-corrected chi connectivity index (χ3v) is 4.49. The third-order valence-electron chi connectivity index (χ3n) is 3.05. The number of anilines is 1. The Bertz CT molecular complexity index is 845. The molecule has 2 aromatic rings. The van der Waals surface area contributed by atoms with E-state index < -0.39 is 33.3 Å². The van der Waals surface area contributed by atoms with Crippen LogP contribution in [0.2, 0.25) is 0 Å². The number of benzene rings is 2. The normalized spacial score (nSPS) is 11.1. The Morgan fingerprint density at radius 1 is 1.08 bits per heavy atom. The number of hydrogen-bond donors (Lipinski definition) is 2. The molecule has 0 aliphatic rings. The summed E-state index contributed by atoms with van der Waals surface area (Å²) in [5, 5.41) is 2.12. The van der Waals surface area contributed by atoms with Crippen molar-refractivity contribution in [3.05, 3.63) is 72.3 Å². The molecule has 0 radical (unpaired) electrons. The molecular formula is C16H14F2N2O3S. The molecule has 24 heavy (non-hydrogen) atoms. The van der Waals surface area contributed by atoms with Crippen LogP contribution in [0.15, 0.2) is 60.0 Å². The summed E-state index contributed by atoms with van der Waals surface area (Å²) in [5.41, 5.74) is -0.507. The molecule has 0 bridgehead atoms. The number of halogens is 2. The van der Waals surface area contributed by atoms with Gasteiger partial charge in [-0.1, -0.05) is 12.1 Å². The molecule has 0 aliphatic carbocycles. The van der Waals surface area contributed by atoms with Crippen molar-refractivity contribution in [2.24, 2.45) is 0 Å². The summed E-state index contributed by atoms with van der Waals surface area (Å²) >= 11 is 0. The highest BCUT2D eigenvalue weighted by Crippen LogP contribution is 2.19. The average molecular weight is 352 g/mol. The molecule has 0 aromatic heterocycles. The number of amides is 1. The van der Waals surface area contributed by atoms with E-state index in [1.807, 2.05) is 0 Å². The number of carbonyl (C=O) groups excluding carboxylic acids is 1. The average Bonchev–Trinajstić information content (AvgIpc) is 2.56. The highest BCUT2D eigenvalue weighted by Gasteiger charge is 2.16. The number of nitrogens with one attached hydrogen (secondary N) is 2. The van der Waals surface area contributed by atoms with Crippen LogP contribution in [-0.2, 0) is 10.0 Å². The van der Waals surface area contributed by atoms with Crippen molar-refractivity contribution in [3.8, 4) is 0 Å². The van der Waals surface area contributed by atoms with E-state index in [1.165, 1.54) is 36.4 Å². The minimum absolute atomic E-state index is 0.0435. The van der Waals surface area contributed by atoms with Crippen LogP contribution >= 0.6 is 0 Å². The first-order valence-electron chi connectivity index (χ1n) is 6.81. The smallest absolute Gasteiger partial charge is 0.255 e. The number of sulfonamides is 1. The minimum Gasteiger partial charge on any atom is -0.317 e. The second-order valence-corrected chi connectivity index (χ2v) is 6.48. The monoisotopic (exact) mass is 352 g/mol. The van der Waals surface area contributed by atoms with Crippen molar-refractivity contribution in [1.82, 2.24) is 4.72 Å². The van der Waals surface area contributed by atoms with Crippen molar-refractivity contribution in [1.29, 1.82) is 0 Å². The van der Waals surface area contributed by atoms with Gasteiger partial charge in [0.05, 0.1) is 4.90 Å². The van der Waals surface area contributed by atoms with Gasteiger partial charge in [-0.15, -0.1) is 6.58 Å². The summed E-state index contributed by atoms with van der Waals surface area (Å²) < 4.78 is 53.1. The first-order valence-corrected chi connectivity index (χ1v) is 8.29. The fourth-order valence-corrected chi connectivity index (χ4v) is 2.84. The summed E-state index contributed by atoms with van der Waals surface area (Å²) in [6.45, 7) is 3.47. The lowest BCUT2D eigenvalue weighted by Gasteiger charge is -2.08. The summed E-state index contributed by atoms with van der Waals surface area (Å²) in [6, 6.07) is 8.14. The van der Waals surface area contributed by atoms with Gasteiger partial charge in [0.1, 0.15) is 17.3 Å². The van der Waals surface area contributed by atoms with Crippen molar-refractivity contribution >= 4 is 21.6 Å². The number of rotatable bonds is 6. The van der Waals surface area contributed by atoms with Gasteiger partial charge in [0, 0.05) is 12.1 Å². The van der Waals surface area contributed by atoms with Crippen molar-refractivity contribution in [3.63, 3.8) is 0 Å². The Balaban J connectivity index is 2.19. The van der Waals surface area contributed by atoms with Crippen LogP contribution in [0, 0.1) is 11.6 Å². The maximum absolute atomic E-state index is 13.5. The van der Waals surface area contributed by atoms with E-state index in [2.05, 4.69) is 16.6 Å². The Morgan fingerprint density at radius 2 is 1.67 bits per heavy atom. The molecule has 2 N–H and O–H groups in total. The molecule has 0 heterocycles. The van der Waals surface area contributed by atoms with Gasteiger partial charge in [-0.2, -0.15) is 0 Å². The summed E-state index contributed by atoms with van der Waals surface area (Å²) in [6.07, 6.45) is 1.39. The maximum atomic E-state index is 13.5. The molecule has 0 unspecified atom stereocenters. The van der Waals surface area contributed by atoms with Crippen LogP contribution in [0.25, 0.3) is 0 Å². The third kappa shape index (κ3) is 4.03. The number of para-hydroxylation sites is 1. The van der Waals surface area contributed by atoms with E-state index in [9.17, 15) is 22.0 Å². The molecule has 2 rings (SSSR count). The molecule has 126 valence electrons. The SMILES string of the molecule is C=CCNS(=O)(=O)c1ccc(C(=O)Nc2c(F)cccc2F)cc1. The maximum Gasteiger partial charge on any atom is 0.255 e. The molecular weight excluding hydrogens is 338 g/mol. The largest absolute Gasteiger partial charge is 0.317 e. The zero-order valence-electron chi connectivity index (χ0n) is 12.4. The topological polar surface area (TPSA) is 75.3 Å². The number of hydrogen-bond acceptors (Lipinski definition) is 3. The van der Waals surface area contributed by atoms with Crippen LogP contribution in [-0.4, -0.2) is 20.9 Å². The van der Waals surface area contributed by atoms with Crippen LogP contribution < -0.4 is 10.0 Å². The van der Waals surface area contributed by atoms with Crippen molar-refractivity contribution < 1.29 is 22.0 Å². The Morgan fingerprint density at radius 3 is 2.21 bits per heavy atom. The van der Waals surface area contributed by atoms with Crippen molar-refractivity contribution in [2.45, 2.75) is 4.90 Å². The second kappa shape index (κ2) is 7.33. The highest BCUT2D eigenvalue weighted by atomic mass is 32.2. The summed E-state index contributed by atoms with van der Waals surface area (Å²) in [4.78, 5) is 12.0. The standard InChI is InChI=1S/C16H14F2N2O3S/c1-2-10-19-24(22,23)12-8-6-11(7-9-12)16(21)20-15-13(17)4-3-5-14(15)18/h2-9,19H,1,10H2,(H,20,21). The van der Waals surface area contributed by atoms with Gasteiger partial charge in [0.15, 0.2) is 0 Å². The molecule has 0 fully saturated rings. The lowest BCUT2D eigenvalue weighted by Crippen LogP contribution is -2.23. The fourth-order valence-electron chi connectivity index (χ4n) is 1.84. The van der Waals surface area contributed by atoms with Gasteiger partial charge in [-0.25, -0.2) is 21.9 Å².